The third-order valence-electron chi connectivity index (χ3n) is 3.91. The van der Waals surface area contributed by atoms with Crippen molar-refractivity contribution >= 4 is 28.4 Å². The Labute approximate surface area is 128 Å². The number of fused-ring (bicyclic) bond motifs is 2. The molecule has 0 aliphatic carbocycles. The van der Waals surface area contributed by atoms with E-state index in [1.54, 1.807) is 4.90 Å². The molecule has 1 aromatic heterocycles. The molecule has 1 aliphatic heterocycles. The summed E-state index contributed by atoms with van der Waals surface area (Å²) >= 11 is 0. The molecule has 0 unspecified atom stereocenters. The van der Waals surface area contributed by atoms with Gasteiger partial charge in [0.2, 0.25) is 0 Å². The van der Waals surface area contributed by atoms with Crippen LogP contribution < -0.4 is 10.2 Å². The number of nitrogens with one attached hydrogen (secondary N) is 1. The fourth-order valence-electron chi connectivity index (χ4n) is 2.82. The second kappa shape index (κ2) is 5.15. The molecule has 3 aromatic rings. The lowest BCUT2D eigenvalue weighted by molar-refractivity contribution is 0.257. The minimum atomic E-state index is -0.132. The number of benzene rings is 2. The van der Waals surface area contributed by atoms with Crippen molar-refractivity contribution in [2.24, 2.45) is 0 Å². The van der Waals surface area contributed by atoms with Crippen molar-refractivity contribution in [2.45, 2.75) is 6.42 Å². The van der Waals surface area contributed by atoms with E-state index in [-0.39, 0.29) is 6.03 Å². The van der Waals surface area contributed by atoms with E-state index in [0.29, 0.717) is 6.54 Å². The van der Waals surface area contributed by atoms with Gasteiger partial charge >= 0.3 is 6.03 Å². The monoisotopic (exact) mass is 289 g/mol. The van der Waals surface area contributed by atoms with Gasteiger partial charge in [-0.25, -0.2) is 9.78 Å². The van der Waals surface area contributed by atoms with Crippen LogP contribution in [0.2, 0.25) is 0 Å². The van der Waals surface area contributed by atoms with Gasteiger partial charge in [0.1, 0.15) is 5.82 Å². The van der Waals surface area contributed by atoms with Crippen LogP contribution in [0.3, 0.4) is 0 Å². The van der Waals surface area contributed by atoms with Crippen LogP contribution in [0.15, 0.2) is 60.7 Å². The maximum absolute atomic E-state index is 12.5. The molecule has 0 radical (unpaired) electrons. The standard InChI is InChI=1S/C18H15N3O/c22-18(19-15-7-2-1-3-8-15)21-11-10-14-12-13-6-4-5-9-16(13)20-17(14)21/h1-9,12H,10-11H2,(H,19,22). The first kappa shape index (κ1) is 12.8. The normalized spacial score (nSPS) is 13.2. The van der Waals surface area contributed by atoms with E-state index in [0.717, 1.165) is 34.4 Å². The topological polar surface area (TPSA) is 45.2 Å². The maximum Gasteiger partial charge on any atom is 0.327 e. The second-order valence-electron chi connectivity index (χ2n) is 5.36. The summed E-state index contributed by atoms with van der Waals surface area (Å²) in [6.07, 6.45) is 0.843. The molecule has 0 bridgehead atoms. The third kappa shape index (κ3) is 2.19. The number of pyridine rings is 1. The first-order valence-electron chi connectivity index (χ1n) is 7.33. The van der Waals surface area contributed by atoms with E-state index >= 15 is 0 Å². The zero-order chi connectivity index (χ0) is 14.9. The molecule has 2 aromatic carbocycles. The van der Waals surface area contributed by atoms with Gasteiger partial charge in [-0.1, -0.05) is 36.4 Å². The Morgan fingerprint density at radius 1 is 1.05 bits per heavy atom. The zero-order valence-electron chi connectivity index (χ0n) is 12.0. The van der Waals surface area contributed by atoms with Crippen molar-refractivity contribution in [2.75, 3.05) is 16.8 Å². The Balaban J connectivity index is 1.66. The van der Waals surface area contributed by atoms with E-state index in [9.17, 15) is 4.79 Å². The first-order chi connectivity index (χ1) is 10.8. The van der Waals surface area contributed by atoms with Gasteiger partial charge in [-0.3, -0.25) is 4.90 Å². The van der Waals surface area contributed by atoms with Gasteiger partial charge in [-0.05, 0) is 36.2 Å². The van der Waals surface area contributed by atoms with Crippen molar-refractivity contribution in [3.63, 3.8) is 0 Å². The number of nitrogens with zero attached hydrogens (tertiary/aromatic N) is 2. The van der Waals surface area contributed by atoms with Crippen molar-refractivity contribution < 1.29 is 4.79 Å². The molecular formula is C18H15N3O. The van der Waals surface area contributed by atoms with Gasteiger partial charge in [0.25, 0.3) is 0 Å². The first-order valence-corrected chi connectivity index (χ1v) is 7.33. The lowest BCUT2D eigenvalue weighted by Crippen LogP contribution is -2.33. The molecular weight excluding hydrogens is 274 g/mol. The Bertz CT molecular complexity index is 845. The van der Waals surface area contributed by atoms with Crippen LogP contribution in [0.25, 0.3) is 10.9 Å². The summed E-state index contributed by atoms with van der Waals surface area (Å²) in [6.45, 7) is 0.664. The summed E-state index contributed by atoms with van der Waals surface area (Å²) < 4.78 is 0. The van der Waals surface area contributed by atoms with Gasteiger partial charge in [0.15, 0.2) is 0 Å². The smallest absolute Gasteiger partial charge is 0.308 e. The minimum absolute atomic E-state index is 0.132. The highest BCUT2D eigenvalue weighted by molar-refractivity contribution is 6.03. The quantitative estimate of drug-likeness (QED) is 0.740. The molecule has 2 heterocycles. The van der Waals surface area contributed by atoms with Crippen LogP contribution >= 0.6 is 0 Å². The Hall–Kier alpha value is -2.88. The highest BCUT2D eigenvalue weighted by atomic mass is 16.2. The Morgan fingerprint density at radius 2 is 1.82 bits per heavy atom. The Morgan fingerprint density at radius 3 is 2.68 bits per heavy atom. The number of hydrogen-bond donors (Lipinski definition) is 1. The van der Waals surface area contributed by atoms with Gasteiger partial charge < -0.3 is 5.32 Å². The van der Waals surface area contributed by atoms with E-state index < -0.39 is 0 Å². The molecule has 0 spiro atoms. The number of rotatable bonds is 1. The average molecular weight is 289 g/mol. The van der Waals surface area contributed by atoms with Crippen LogP contribution in [0.5, 0.6) is 0 Å². The van der Waals surface area contributed by atoms with Crippen LogP contribution in [0.4, 0.5) is 16.3 Å². The van der Waals surface area contributed by atoms with Crippen molar-refractivity contribution in [1.82, 2.24) is 4.98 Å². The van der Waals surface area contributed by atoms with Crippen molar-refractivity contribution in [3.05, 3.63) is 66.2 Å². The molecule has 22 heavy (non-hydrogen) atoms. The number of carbonyl (C=O) groups excluding carboxylic acids is 1. The number of amides is 2. The minimum Gasteiger partial charge on any atom is -0.308 e. The number of anilines is 2. The van der Waals surface area contributed by atoms with Crippen molar-refractivity contribution in [1.29, 1.82) is 0 Å². The highest BCUT2D eigenvalue weighted by Crippen LogP contribution is 2.29. The summed E-state index contributed by atoms with van der Waals surface area (Å²) in [5, 5.41) is 4.04. The van der Waals surface area contributed by atoms with E-state index in [1.807, 2.05) is 48.5 Å². The molecule has 0 fully saturated rings. The second-order valence-corrected chi connectivity index (χ2v) is 5.36. The van der Waals surface area contributed by atoms with Gasteiger partial charge in [0, 0.05) is 17.6 Å². The lowest BCUT2D eigenvalue weighted by Gasteiger charge is -2.17. The van der Waals surface area contributed by atoms with Gasteiger partial charge in [-0.15, -0.1) is 0 Å². The summed E-state index contributed by atoms with van der Waals surface area (Å²) in [4.78, 5) is 18.9. The van der Waals surface area contributed by atoms with Gasteiger partial charge in [0.05, 0.1) is 5.52 Å². The molecule has 0 saturated heterocycles. The molecule has 1 aliphatic rings. The fraction of sp³-hybridized carbons (Fsp3) is 0.111. The molecule has 4 rings (SSSR count). The van der Waals surface area contributed by atoms with Crippen LogP contribution in [0, 0.1) is 0 Å². The number of para-hydroxylation sites is 2. The summed E-state index contributed by atoms with van der Waals surface area (Å²) in [5.74, 6) is 0.770. The molecule has 0 saturated carbocycles. The van der Waals surface area contributed by atoms with E-state index in [2.05, 4.69) is 22.4 Å². The number of hydrogen-bond acceptors (Lipinski definition) is 2. The van der Waals surface area contributed by atoms with Crippen LogP contribution in [-0.2, 0) is 6.42 Å². The molecule has 4 nitrogen and oxygen atoms in total. The van der Waals surface area contributed by atoms with Crippen molar-refractivity contribution in [3.8, 4) is 0 Å². The number of aromatic nitrogens is 1. The average Bonchev–Trinajstić information content (AvgIpc) is 2.96. The predicted octanol–water partition coefficient (Wildman–Crippen LogP) is 3.83. The highest BCUT2D eigenvalue weighted by Gasteiger charge is 2.26. The summed E-state index contributed by atoms with van der Waals surface area (Å²) in [7, 11) is 0. The molecule has 108 valence electrons. The molecule has 2 amide bonds. The predicted molar refractivity (Wildman–Crippen MR) is 88.3 cm³/mol. The molecule has 1 N–H and O–H groups in total. The third-order valence-corrected chi connectivity index (χ3v) is 3.91. The fourth-order valence-corrected chi connectivity index (χ4v) is 2.82. The Kier molecular flexibility index (Phi) is 3.00. The summed E-state index contributed by atoms with van der Waals surface area (Å²) in [5.41, 5.74) is 2.84. The number of urea groups is 1. The van der Waals surface area contributed by atoms with E-state index in [1.165, 1.54) is 0 Å². The molecule has 4 heteroatoms. The maximum atomic E-state index is 12.5. The number of carbonyl (C=O) groups is 1. The molecule has 0 atom stereocenters. The zero-order valence-corrected chi connectivity index (χ0v) is 12.0. The largest absolute Gasteiger partial charge is 0.327 e. The van der Waals surface area contributed by atoms with Gasteiger partial charge in [-0.2, -0.15) is 0 Å². The lowest BCUT2D eigenvalue weighted by atomic mass is 10.1. The van der Waals surface area contributed by atoms with E-state index in [4.69, 9.17) is 0 Å². The SMILES string of the molecule is O=C(Nc1ccccc1)N1CCc2cc3ccccc3nc21. The summed E-state index contributed by atoms with van der Waals surface area (Å²) in [6, 6.07) is 19.5. The van der Waals surface area contributed by atoms with Crippen LogP contribution in [0.1, 0.15) is 5.56 Å². The van der Waals surface area contributed by atoms with Crippen LogP contribution in [-0.4, -0.2) is 17.6 Å².